The van der Waals surface area contributed by atoms with Gasteiger partial charge in [0.05, 0.1) is 12.7 Å². The maximum Gasteiger partial charge on any atom is 0.331 e. The molecule has 1 aromatic rings. The highest BCUT2D eigenvalue weighted by Crippen LogP contribution is 2.26. The third-order valence-corrected chi connectivity index (χ3v) is 2.78. The molecule has 6 nitrogen and oxygen atoms in total. The first kappa shape index (κ1) is 11.4. The lowest BCUT2D eigenvalue weighted by atomic mass is 10.1. The highest BCUT2D eigenvalue weighted by atomic mass is 16.4. The molecule has 1 aliphatic rings. The quantitative estimate of drug-likeness (QED) is 0.617. The monoisotopic (exact) mass is 235 g/mol. The van der Waals surface area contributed by atoms with Gasteiger partial charge in [0.1, 0.15) is 5.82 Å². The van der Waals surface area contributed by atoms with Gasteiger partial charge in [0.25, 0.3) is 0 Å². The number of aromatic nitrogens is 2. The van der Waals surface area contributed by atoms with E-state index < -0.39 is 5.97 Å². The van der Waals surface area contributed by atoms with Crippen molar-refractivity contribution < 1.29 is 14.7 Å². The smallest absolute Gasteiger partial charge is 0.331 e. The molecule has 0 spiro atoms. The number of anilines is 1. The molecule has 0 bridgehead atoms. The van der Waals surface area contributed by atoms with Crippen LogP contribution in [0.15, 0.2) is 11.8 Å². The number of amides is 1. The van der Waals surface area contributed by atoms with Crippen molar-refractivity contribution in [2.24, 2.45) is 0 Å². The van der Waals surface area contributed by atoms with E-state index in [1.54, 1.807) is 23.9 Å². The van der Waals surface area contributed by atoms with Gasteiger partial charge in [-0.25, -0.2) is 9.48 Å². The van der Waals surface area contributed by atoms with Crippen LogP contribution < -0.4 is 4.90 Å². The summed E-state index contributed by atoms with van der Waals surface area (Å²) in [7, 11) is 0. The average Bonchev–Trinajstić information content (AvgIpc) is 2.87. The molecule has 6 heteroatoms. The summed E-state index contributed by atoms with van der Waals surface area (Å²) < 4.78 is 1.70. The highest BCUT2D eigenvalue weighted by Gasteiger charge is 2.23. The van der Waals surface area contributed by atoms with Gasteiger partial charge in [-0.15, -0.1) is 0 Å². The Balaban J connectivity index is 2.41. The first-order valence-electron chi connectivity index (χ1n) is 5.39. The fraction of sp³-hybridized carbons (Fsp3) is 0.364. The standard InChI is InChI=1S/C11H13N3O3/c1-2-8(11(16)17)5-9-6-12-14-4-3-13(7-15)10(9)14/h5-7H,2-4H2,1H3,(H,16,17). The molecule has 2 heterocycles. The van der Waals surface area contributed by atoms with Crippen LogP contribution in [0.25, 0.3) is 6.08 Å². The molecule has 0 saturated heterocycles. The van der Waals surface area contributed by atoms with Gasteiger partial charge in [-0.3, -0.25) is 9.69 Å². The van der Waals surface area contributed by atoms with Crippen molar-refractivity contribution in [3.63, 3.8) is 0 Å². The zero-order valence-electron chi connectivity index (χ0n) is 9.46. The Labute approximate surface area is 98.1 Å². The minimum Gasteiger partial charge on any atom is -0.478 e. The number of carboxylic acids is 1. The summed E-state index contributed by atoms with van der Waals surface area (Å²) in [5, 5.41) is 13.1. The Hall–Kier alpha value is -2.11. The van der Waals surface area contributed by atoms with Gasteiger partial charge in [-0.2, -0.15) is 5.10 Å². The van der Waals surface area contributed by atoms with Gasteiger partial charge >= 0.3 is 5.97 Å². The number of nitrogens with zero attached hydrogens (tertiary/aromatic N) is 3. The number of hydrogen-bond donors (Lipinski definition) is 1. The summed E-state index contributed by atoms with van der Waals surface area (Å²) in [5.41, 5.74) is 0.979. The molecule has 1 N–H and O–H groups in total. The molecule has 1 amide bonds. The third kappa shape index (κ3) is 1.93. The van der Waals surface area contributed by atoms with E-state index in [4.69, 9.17) is 5.11 Å². The Morgan fingerprint density at radius 2 is 2.35 bits per heavy atom. The van der Waals surface area contributed by atoms with Gasteiger partial charge in [-0.1, -0.05) is 6.92 Å². The predicted molar refractivity (Wildman–Crippen MR) is 61.5 cm³/mol. The highest BCUT2D eigenvalue weighted by molar-refractivity contribution is 5.93. The average molecular weight is 235 g/mol. The van der Waals surface area contributed by atoms with Crippen LogP contribution in [0.2, 0.25) is 0 Å². The lowest BCUT2D eigenvalue weighted by Gasteiger charge is -2.08. The van der Waals surface area contributed by atoms with Crippen LogP contribution in [-0.4, -0.2) is 33.8 Å². The van der Waals surface area contributed by atoms with Gasteiger partial charge in [0.2, 0.25) is 6.41 Å². The van der Waals surface area contributed by atoms with Crippen molar-refractivity contribution in [2.75, 3.05) is 11.4 Å². The van der Waals surface area contributed by atoms with Crippen LogP contribution in [0.5, 0.6) is 0 Å². The summed E-state index contributed by atoms with van der Waals surface area (Å²) in [6, 6.07) is 0. The number of carbonyl (C=O) groups is 2. The lowest BCUT2D eigenvalue weighted by molar-refractivity contribution is -0.132. The maximum atomic E-state index is 10.9. The zero-order valence-corrected chi connectivity index (χ0v) is 9.46. The molecule has 0 aromatic carbocycles. The van der Waals surface area contributed by atoms with E-state index in [0.717, 1.165) is 6.41 Å². The fourth-order valence-electron chi connectivity index (χ4n) is 1.89. The summed E-state index contributed by atoms with van der Waals surface area (Å²) in [6.45, 7) is 3.01. The first-order chi connectivity index (χ1) is 8.17. The number of aliphatic carboxylic acids is 1. The fourth-order valence-corrected chi connectivity index (χ4v) is 1.89. The summed E-state index contributed by atoms with van der Waals surface area (Å²) in [5.74, 6) is -0.268. The lowest BCUT2D eigenvalue weighted by Crippen LogP contribution is -2.18. The molecule has 1 aromatic heterocycles. The van der Waals surface area contributed by atoms with Gasteiger partial charge < -0.3 is 5.11 Å². The van der Waals surface area contributed by atoms with Crippen LogP contribution in [0.4, 0.5) is 5.82 Å². The van der Waals surface area contributed by atoms with Crippen molar-refractivity contribution in [1.82, 2.24) is 9.78 Å². The van der Waals surface area contributed by atoms with Gasteiger partial charge in [0, 0.05) is 17.7 Å². The van der Waals surface area contributed by atoms with Crippen molar-refractivity contribution in [3.8, 4) is 0 Å². The molecule has 2 rings (SSSR count). The molecule has 0 unspecified atom stereocenters. The molecular formula is C11H13N3O3. The second-order valence-electron chi connectivity index (χ2n) is 3.77. The van der Waals surface area contributed by atoms with E-state index in [2.05, 4.69) is 5.10 Å². The van der Waals surface area contributed by atoms with Crippen LogP contribution in [-0.2, 0) is 16.1 Å². The molecule has 0 aliphatic carbocycles. The molecule has 90 valence electrons. The molecule has 17 heavy (non-hydrogen) atoms. The van der Waals surface area contributed by atoms with E-state index in [0.29, 0.717) is 36.5 Å². The molecule has 1 aliphatic heterocycles. The second-order valence-corrected chi connectivity index (χ2v) is 3.77. The van der Waals surface area contributed by atoms with Gasteiger partial charge in [-0.05, 0) is 12.5 Å². The van der Waals surface area contributed by atoms with Crippen molar-refractivity contribution >= 4 is 24.3 Å². The SMILES string of the molecule is CCC(=Cc1cnn2c1N(C=O)CC2)C(=O)O. The molecule has 0 fully saturated rings. The zero-order chi connectivity index (χ0) is 12.4. The van der Waals surface area contributed by atoms with Crippen molar-refractivity contribution in [3.05, 3.63) is 17.3 Å². The van der Waals surface area contributed by atoms with Crippen molar-refractivity contribution in [1.29, 1.82) is 0 Å². The summed E-state index contributed by atoms with van der Waals surface area (Å²) in [4.78, 5) is 23.3. The molecule has 0 saturated carbocycles. The number of carboxylic acid groups (broad SMARTS) is 1. The number of carbonyl (C=O) groups excluding carboxylic acids is 1. The minimum absolute atomic E-state index is 0.304. The van der Waals surface area contributed by atoms with E-state index in [1.807, 2.05) is 0 Å². The predicted octanol–water partition coefficient (Wildman–Crippen LogP) is 0.737. The van der Waals surface area contributed by atoms with Gasteiger partial charge in [0.15, 0.2) is 0 Å². The molecular weight excluding hydrogens is 222 g/mol. The van der Waals surface area contributed by atoms with Crippen LogP contribution in [0.3, 0.4) is 0 Å². The van der Waals surface area contributed by atoms with E-state index >= 15 is 0 Å². The first-order valence-corrected chi connectivity index (χ1v) is 5.39. The van der Waals surface area contributed by atoms with E-state index in [1.165, 1.54) is 4.90 Å². The molecule has 0 radical (unpaired) electrons. The summed E-state index contributed by atoms with van der Waals surface area (Å²) >= 11 is 0. The largest absolute Gasteiger partial charge is 0.478 e. The normalized spacial score (nSPS) is 14.9. The number of rotatable bonds is 4. The number of fused-ring (bicyclic) bond motifs is 1. The summed E-state index contributed by atoms with van der Waals surface area (Å²) in [6.07, 6.45) is 4.33. The third-order valence-electron chi connectivity index (χ3n) is 2.78. The Kier molecular flexibility index (Phi) is 2.95. The Bertz CT molecular complexity index is 490. The van der Waals surface area contributed by atoms with Crippen LogP contribution in [0, 0.1) is 0 Å². The number of hydrogen-bond acceptors (Lipinski definition) is 3. The Morgan fingerprint density at radius 1 is 1.59 bits per heavy atom. The minimum atomic E-state index is -0.942. The van der Waals surface area contributed by atoms with E-state index in [-0.39, 0.29) is 0 Å². The van der Waals surface area contributed by atoms with E-state index in [9.17, 15) is 9.59 Å². The second kappa shape index (κ2) is 4.40. The topological polar surface area (TPSA) is 75.4 Å². The van der Waals surface area contributed by atoms with Crippen LogP contribution >= 0.6 is 0 Å². The maximum absolute atomic E-state index is 10.9. The molecule has 0 atom stereocenters. The van der Waals surface area contributed by atoms with Crippen LogP contribution in [0.1, 0.15) is 18.9 Å². The Morgan fingerprint density at radius 3 is 2.94 bits per heavy atom. The van der Waals surface area contributed by atoms with Crippen molar-refractivity contribution in [2.45, 2.75) is 19.9 Å².